The Morgan fingerprint density at radius 3 is 2.53 bits per heavy atom. The van der Waals surface area contributed by atoms with Crippen molar-refractivity contribution in [3.05, 3.63) is 35.4 Å². The number of nitrogens with zero attached hydrogens (tertiary/aromatic N) is 1. The lowest BCUT2D eigenvalue weighted by Crippen LogP contribution is -2.40. The average Bonchev–Trinajstić information content (AvgIpc) is 2.30. The van der Waals surface area contributed by atoms with E-state index in [2.05, 4.69) is 38.1 Å². The fourth-order valence-corrected chi connectivity index (χ4v) is 2.81. The van der Waals surface area contributed by atoms with Gasteiger partial charge < -0.3 is 4.90 Å². The highest BCUT2D eigenvalue weighted by molar-refractivity contribution is 5.74. The highest BCUT2D eigenvalue weighted by Crippen LogP contribution is 2.35. The Morgan fingerprint density at radius 1 is 1.29 bits per heavy atom. The van der Waals surface area contributed by atoms with Gasteiger partial charge in [-0.3, -0.25) is 4.79 Å². The van der Waals surface area contributed by atoms with Crippen LogP contribution < -0.4 is 0 Å². The third kappa shape index (κ3) is 2.51. The summed E-state index contributed by atoms with van der Waals surface area (Å²) in [7, 11) is 0. The number of amides is 1. The molecular weight excluding hydrogens is 210 g/mol. The maximum absolute atomic E-state index is 11.7. The number of benzene rings is 1. The Hall–Kier alpha value is -1.31. The highest BCUT2D eigenvalue weighted by Gasteiger charge is 2.31. The Labute approximate surface area is 104 Å². The molecule has 0 saturated carbocycles. The predicted molar refractivity (Wildman–Crippen MR) is 69.7 cm³/mol. The van der Waals surface area contributed by atoms with E-state index in [4.69, 9.17) is 0 Å². The molecule has 0 spiro atoms. The molecule has 1 aromatic carbocycles. The van der Waals surface area contributed by atoms with Crippen molar-refractivity contribution in [1.29, 1.82) is 0 Å². The molecule has 0 radical (unpaired) electrons. The minimum Gasteiger partial charge on any atom is -0.336 e. The van der Waals surface area contributed by atoms with E-state index in [1.54, 1.807) is 6.92 Å². The van der Waals surface area contributed by atoms with E-state index in [1.165, 1.54) is 17.5 Å². The van der Waals surface area contributed by atoms with Crippen LogP contribution in [0.2, 0.25) is 0 Å². The molecule has 1 heterocycles. The first-order valence-electron chi connectivity index (χ1n) is 6.43. The summed E-state index contributed by atoms with van der Waals surface area (Å²) < 4.78 is 0. The summed E-state index contributed by atoms with van der Waals surface area (Å²) in [6.45, 7) is 6.92. The smallest absolute Gasteiger partial charge is 0.219 e. The Balaban J connectivity index is 2.31. The zero-order chi connectivity index (χ0) is 12.4. The van der Waals surface area contributed by atoms with E-state index in [0.29, 0.717) is 5.92 Å². The van der Waals surface area contributed by atoms with Crippen molar-refractivity contribution in [2.24, 2.45) is 5.92 Å². The molecular formula is C15H21NO. The molecule has 0 aliphatic carbocycles. The van der Waals surface area contributed by atoms with E-state index in [-0.39, 0.29) is 11.9 Å². The minimum absolute atomic E-state index is 0.196. The maximum Gasteiger partial charge on any atom is 0.219 e. The Kier molecular flexibility index (Phi) is 3.51. The van der Waals surface area contributed by atoms with E-state index < -0.39 is 0 Å². The summed E-state index contributed by atoms with van der Waals surface area (Å²) in [5.74, 6) is 0.748. The van der Waals surface area contributed by atoms with Crippen LogP contribution in [0.5, 0.6) is 0 Å². The molecule has 1 aliphatic heterocycles. The Morgan fingerprint density at radius 2 is 1.94 bits per heavy atom. The molecule has 2 atom stereocenters. The second-order valence-corrected chi connectivity index (χ2v) is 5.19. The summed E-state index contributed by atoms with van der Waals surface area (Å²) in [4.78, 5) is 13.7. The molecule has 2 nitrogen and oxygen atoms in total. The maximum atomic E-state index is 11.7. The van der Waals surface area contributed by atoms with Crippen molar-refractivity contribution in [3.8, 4) is 0 Å². The van der Waals surface area contributed by atoms with E-state index >= 15 is 0 Å². The van der Waals surface area contributed by atoms with E-state index in [1.807, 2.05) is 4.90 Å². The van der Waals surface area contributed by atoms with Crippen molar-refractivity contribution >= 4 is 5.91 Å². The normalized spacial score (nSPS) is 24.8. The monoisotopic (exact) mass is 231 g/mol. The lowest BCUT2D eigenvalue weighted by Gasteiger charge is -2.40. The first-order valence-corrected chi connectivity index (χ1v) is 6.43. The van der Waals surface area contributed by atoms with Gasteiger partial charge in [-0.05, 0) is 31.2 Å². The van der Waals surface area contributed by atoms with Crippen LogP contribution in [-0.2, 0) is 4.79 Å². The molecule has 1 saturated heterocycles. The lowest BCUT2D eigenvalue weighted by atomic mass is 9.86. The molecule has 17 heavy (non-hydrogen) atoms. The van der Waals surface area contributed by atoms with Gasteiger partial charge in [0.2, 0.25) is 5.91 Å². The van der Waals surface area contributed by atoms with Crippen molar-refractivity contribution in [1.82, 2.24) is 4.90 Å². The standard InChI is InChI=1S/C15H21NO/c1-11-6-8-14(9-7-11)15-12(2)5-4-10-16(15)13(3)17/h6-9,12,15H,4-5,10H2,1-3H3. The molecule has 1 aliphatic rings. The van der Waals surface area contributed by atoms with E-state index in [0.717, 1.165) is 13.0 Å². The number of piperidine rings is 1. The van der Waals surface area contributed by atoms with Gasteiger partial charge >= 0.3 is 0 Å². The second-order valence-electron chi connectivity index (χ2n) is 5.19. The first kappa shape index (κ1) is 12.2. The van der Waals surface area contributed by atoms with Crippen LogP contribution in [0.3, 0.4) is 0 Å². The van der Waals surface area contributed by atoms with Gasteiger partial charge in [-0.25, -0.2) is 0 Å². The van der Waals surface area contributed by atoms with Gasteiger partial charge in [-0.1, -0.05) is 36.8 Å². The number of carbonyl (C=O) groups excluding carboxylic acids is 1. The van der Waals surface area contributed by atoms with Gasteiger partial charge in [-0.15, -0.1) is 0 Å². The van der Waals surface area contributed by atoms with Gasteiger partial charge in [0.05, 0.1) is 6.04 Å². The summed E-state index contributed by atoms with van der Waals surface area (Å²) in [5, 5.41) is 0. The first-order chi connectivity index (χ1) is 8.09. The predicted octanol–water partition coefficient (Wildman–Crippen LogP) is 3.31. The van der Waals surface area contributed by atoms with Crippen molar-refractivity contribution < 1.29 is 4.79 Å². The van der Waals surface area contributed by atoms with Crippen molar-refractivity contribution in [2.45, 2.75) is 39.7 Å². The number of hydrogen-bond acceptors (Lipinski definition) is 1. The fourth-order valence-electron chi connectivity index (χ4n) is 2.81. The third-order valence-corrected chi connectivity index (χ3v) is 3.76. The quantitative estimate of drug-likeness (QED) is 0.726. The molecule has 0 bridgehead atoms. The van der Waals surface area contributed by atoms with E-state index in [9.17, 15) is 4.79 Å². The fraction of sp³-hybridized carbons (Fsp3) is 0.533. The largest absolute Gasteiger partial charge is 0.336 e. The average molecular weight is 231 g/mol. The lowest BCUT2D eigenvalue weighted by molar-refractivity contribution is -0.134. The van der Waals surface area contributed by atoms with Crippen molar-refractivity contribution in [2.75, 3.05) is 6.54 Å². The van der Waals surface area contributed by atoms with Gasteiger partial charge in [-0.2, -0.15) is 0 Å². The summed E-state index contributed by atoms with van der Waals surface area (Å²) in [6.07, 6.45) is 2.34. The summed E-state index contributed by atoms with van der Waals surface area (Å²) >= 11 is 0. The summed E-state index contributed by atoms with van der Waals surface area (Å²) in [5.41, 5.74) is 2.55. The molecule has 1 amide bonds. The molecule has 0 aromatic heterocycles. The topological polar surface area (TPSA) is 20.3 Å². The summed E-state index contributed by atoms with van der Waals surface area (Å²) in [6, 6.07) is 8.86. The van der Waals surface area contributed by atoms with Crippen LogP contribution in [0.4, 0.5) is 0 Å². The number of aryl methyl sites for hydroxylation is 1. The van der Waals surface area contributed by atoms with Crippen LogP contribution in [-0.4, -0.2) is 17.4 Å². The Bertz CT molecular complexity index is 396. The van der Waals surface area contributed by atoms with Gasteiger partial charge in [0.15, 0.2) is 0 Å². The molecule has 1 fully saturated rings. The van der Waals surface area contributed by atoms with Crippen LogP contribution in [0, 0.1) is 12.8 Å². The molecule has 92 valence electrons. The SMILES string of the molecule is CC(=O)N1CCCC(C)C1c1ccc(C)cc1. The van der Waals surface area contributed by atoms with Gasteiger partial charge in [0.1, 0.15) is 0 Å². The van der Waals surface area contributed by atoms with Crippen molar-refractivity contribution in [3.63, 3.8) is 0 Å². The molecule has 2 rings (SSSR count). The van der Waals surface area contributed by atoms with Crippen LogP contribution in [0.15, 0.2) is 24.3 Å². The molecule has 2 heteroatoms. The van der Waals surface area contributed by atoms with Gasteiger partial charge in [0.25, 0.3) is 0 Å². The highest BCUT2D eigenvalue weighted by atomic mass is 16.2. The number of hydrogen-bond donors (Lipinski definition) is 0. The third-order valence-electron chi connectivity index (χ3n) is 3.76. The van der Waals surface area contributed by atoms with Crippen LogP contribution in [0.1, 0.15) is 43.9 Å². The number of carbonyl (C=O) groups is 1. The van der Waals surface area contributed by atoms with Gasteiger partial charge in [0, 0.05) is 13.5 Å². The zero-order valence-electron chi connectivity index (χ0n) is 10.9. The second kappa shape index (κ2) is 4.91. The van der Waals surface area contributed by atoms with Crippen LogP contribution >= 0.6 is 0 Å². The number of rotatable bonds is 1. The molecule has 2 unspecified atom stereocenters. The minimum atomic E-state index is 0.196. The zero-order valence-corrected chi connectivity index (χ0v) is 10.9. The molecule has 0 N–H and O–H groups in total. The number of likely N-dealkylation sites (tertiary alicyclic amines) is 1. The molecule has 1 aromatic rings. The van der Waals surface area contributed by atoms with Crippen LogP contribution in [0.25, 0.3) is 0 Å².